The Kier molecular flexibility index (Phi) is 3.36. The first-order valence-electron chi connectivity index (χ1n) is 6.81. The van der Waals surface area contributed by atoms with Gasteiger partial charge in [0, 0.05) is 17.7 Å². The van der Waals surface area contributed by atoms with Gasteiger partial charge in [-0.15, -0.1) is 0 Å². The predicted octanol–water partition coefficient (Wildman–Crippen LogP) is 2.44. The van der Waals surface area contributed by atoms with Crippen molar-refractivity contribution < 1.29 is 9.47 Å². The Morgan fingerprint density at radius 1 is 1.50 bits per heavy atom. The quantitative estimate of drug-likeness (QED) is 0.929. The number of imidazole rings is 1. The number of rotatable bonds is 4. The fourth-order valence-corrected chi connectivity index (χ4v) is 2.37. The minimum atomic E-state index is -0.0265. The molecule has 2 heterocycles. The third-order valence-electron chi connectivity index (χ3n) is 3.49. The van der Waals surface area contributed by atoms with Gasteiger partial charge in [-0.2, -0.15) is 0 Å². The van der Waals surface area contributed by atoms with E-state index in [1.54, 1.807) is 0 Å². The van der Waals surface area contributed by atoms with Crippen molar-refractivity contribution in [2.45, 2.75) is 32.5 Å². The van der Waals surface area contributed by atoms with Crippen molar-refractivity contribution >= 4 is 0 Å². The summed E-state index contributed by atoms with van der Waals surface area (Å²) in [5, 5.41) is 0. The van der Waals surface area contributed by atoms with E-state index in [9.17, 15) is 0 Å². The van der Waals surface area contributed by atoms with Gasteiger partial charge in [0.1, 0.15) is 24.7 Å². The molecule has 1 atom stereocenters. The fourth-order valence-electron chi connectivity index (χ4n) is 2.37. The van der Waals surface area contributed by atoms with Gasteiger partial charge in [0.2, 0.25) is 0 Å². The number of ether oxygens (including phenoxy) is 2. The number of hydrogen-bond donors (Lipinski definition) is 1. The van der Waals surface area contributed by atoms with E-state index in [4.69, 9.17) is 15.2 Å². The molecule has 0 amide bonds. The number of hydrogen-bond acceptors (Lipinski definition) is 4. The Bertz CT molecular complexity index is 607. The Labute approximate surface area is 118 Å². The molecule has 5 heteroatoms. The van der Waals surface area contributed by atoms with Crippen molar-refractivity contribution in [1.82, 2.24) is 9.55 Å². The van der Waals surface area contributed by atoms with Gasteiger partial charge in [-0.05, 0) is 26.0 Å². The van der Waals surface area contributed by atoms with Crippen LogP contribution < -0.4 is 15.2 Å². The lowest BCUT2D eigenvalue weighted by Gasteiger charge is -2.13. The highest BCUT2D eigenvalue weighted by Gasteiger charge is 2.20. The summed E-state index contributed by atoms with van der Waals surface area (Å²) in [6, 6.07) is 6.16. The summed E-state index contributed by atoms with van der Waals surface area (Å²) in [4.78, 5) is 4.17. The highest BCUT2D eigenvalue weighted by atomic mass is 16.5. The van der Waals surface area contributed by atoms with Gasteiger partial charge in [-0.25, -0.2) is 4.98 Å². The third kappa shape index (κ3) is 2.36. The summed E-state index contributed by atoms with van der Waals surface area (Å²) in [5.74, 6) is 1.61. The van der Waals surface area contributed by atoms with E-state index < -0.39 is 0 Å². The summed E-state index contributed by atoms with van der Waals surface area (Å²) in [7, 11) is 0. The second-order valence-electron chi connectivity index (χ2n) is 5.29. The number of nitrogens with zero attached hydrogens (tertiary/aromatic N) is 2. The van der Waals surface area contributed by atoms with Crippen LogP contribution in [0.1, 0.15) is 37.2 Å². The second-order valence-corrected chi connectivity index (χ2v) is 5.29. The smallest absolute Gasteiger partial charge is 0.130 e. The van der Waals surface area contributed by atoms with Gasteiger partial charge in [0.15, 0.2) is 0 Å². The molecule has 0 saturated heterocycles. The molecular formula is C15H19N3O2. The maximum Gasteiger partial charge on any atom is 0.130 e. The van der Waals surface area contributed by atoms with Gasteiger partial charge >= 0.3 is 0 Å². The Balaban J connectivity index is 1.71. The Morgan fingerprint density at radius 2 is 2.35 bits per heavy atom. The monoisotopic (exact) mass is 273 g/mol. The SMILES string of the molecule is CC(C)n1cncc1COc1ccc2c(c1)OCC2N. The van der Waals surface area contributed by atoms with E-state index in [1.807, 2.05) is 30.7 Å². The molecule has 0 aliphatic carbocycles. The van der Waals surface area contributed by atoms with Crippen molar-refractivity contribution in [2.24, 2.45) is 5.73 Å². The molecule has 0 fully saturated rings. The standard InChI is InChI=1S/C15H19N3O2/c1-10(2)18-9-17-6-11(18)7-19-12-3-4-13-14(16)8-20-15(13)5-12/h3-6,9-10,14H,7-8,16H2,1-2H3. The first-order chi connectivity index (χ1) is 9.65. The molecular weight excluding hydrogens is 254 g/mol. The highest BCUT2D eigenvalue weighted by Crippen LogP contribution is 2.34. The maximum atomic E-state index is 5.92. The molecule has 1 unspecified atom stereocenters. The summed E-state index contributed by atoms with van der Waals surface area (Å²) in [6.45, 7) is 5.27. The Morgan fingerprint density at radius 3 is 3.15 bits per heavy atom. The van der Waals surface area contributed by atoms with Crippen LogP contribution in [0.4, 0.5) is 0 Å². The molecule has 0 bridgehead atoms. The molecule has 0 radical (unpaired) electrons. The molecule has 2 N–H and O–H groups in total. The van der Waals surface area contributed by atoms with Crippen LogP contribution in [-0.4, -0.2) is 16.2 Å². The highest BCUT2D eigenvalue weighted by molar-refractivity contribution is 5.44. The van der Waals surface area contributed by atoms with Gasteiger partial charge < -0.3 is 19.8 Å². The lowest BCUT2D eigenvalue weighted by Crippen LogP contribution is -2.10. The Hall–Kier alpha value is -2.01. The van der Waals surface area contributed by atoms with Gasteiger partial charge in [0.05, 0.1) is 24.3 Å². The number of aromatic nitrogens is 2. The topological polar surface area (TPSA) is 62.3 Å². The first-order valence-corrected chi connectivity index (χ1v) is 6.81. The van der Waals surface area contributed by atoms with Crippen molar-refractivity contribution in [3.63, 3.8) is 0 Å². The zero-order valence-electron chi connectivity index (χ0n) is 11.7. The van der Waals surface area contributed by atoms with E-state index in [0.717, 1.165) is 22.8 Å². The van der Waals surface area contributed by atoms with E-state index >= 15 is 0 Å². The molecule has 0 spiro atoms. The third-order valence-corrected chi connectivity index (χ3v) is 3.49. The van der Waals surface area contributed by atoms with Crippen LogP contribution in [0.2, 0.25) is 0 Å². The molecule has 1 aliphatic heterocycles. The molecule has 1 aromatic carbocycles. The number of nitrogens with two attached hydrogens (primary N) is 1. The lowest BCUT2D eigenvalue weighted by molar-refractivity contribution is 0.288. The lowest BCUT2D eigenvalue weighted by atomic mass is 10.1. The van der Waals surface area contributed by atoms with Crippen molar-refractivity contribution in [3.8, 4) is 11.5 Å². The summed E-state index contributed by atoms with van der Waals surface area (Å²) < 4.78 is 13.4. The van der Waals surface area contributed by atoms with E-state index in [-0.39, 0.29) is 6.04 Å². The van der Waals surface area contributed by atoms with Crippen LogP contribution in [0.15, 0.2) is 30.7 Å². The molecule has 20 heavy (non-hydrogen) atoms. The zero-order chi connectivity index (χ0) is 14.1. The van der Waals surface area contributed by atoms with Crippen molar-refractivity contribution in [3.05, 3.63) is 42.0 Å². The average molecular weight is 273 g/mol. The number of fused-ring (bicyclic) bond motifs is 1. The van der Waals surface area contributed by atoms with E-state index in [1.165, 1.54) is 0 Å². The molecule has 1 aromatic heterocycles. The normalized spacial score (nSPS) is 17.1. The molecule has 106 valence electrons. The largest absolute Gasteiger partial charge is 0.491 e. The minimum absolute atomic E-state index is 0.0265. The molecule has 1 aliphatic rings. The van der Waals surface area contributed by atoms with Crippen LogP contribution in [0.5, 0.6) is 11.5 Å². The van der Waals surface area contributed by atoms with Crippen LogP contribution in [0.3, 0.4) is 0 Å². The van der Waals surface area contributed by atoms with Crippen molar-refractivity contribution in [1.29, 1.82) is 0 Å². The van der Waals surface area contributed by atoms with Gasteiger partial charge in [-0.1, -0.05) is 0 Å². The summed E-state index contributed by atoms with van der Waals surface area (Å²) in [6.07, 6.45) is 3.66. The van der Waals surface area contributed by atoms with Crippen LogP contribution in [0.25, 0.3) is 0 Å². The summed E-state index contributed by atoms with van der Waals surface area (Å²) >= 11 is 0. The second kappa shape index (κ2) is 5.17. The molecule has 3 rings (SSSR count). The zero-order valence-corrected chi connectivity index (χ0v) is 11.7. The van der Waals surface area contributed by atoms with Crippen LogP contribution in [0, 0.1) is 0 Å². The van der Waals surface area contributed by atoms with Gasteiger partial charge in [0.25, 0.3) is 0 Å². The van der Waals surface area contributed by atoms with Crippen LogP contribution >= 0.6 is 0 Å². The average Bonchev–Trinajstić information content (AvgIpc) is 3.03. The predicted molar refractivity (Wildman–Crippen MR) is 75.8 cm³/mol. The number of benzene rings is 1. The fraction of sp³-hybridized carbons (Fsp3) is 0.400. The molecule has 5 nitrogen and oxygen atoms in total. The van der Waals surface area contributed by atoms with Gasteiger partial charge in [-0.3, -0.25) is 0 Å². The van der Waals surface area contributed by atoms with Crippen LogP contribution in [-0.2, 0) is 6.61 Å². The first kappa shape index (κ1) is 13.0. The maximum absolute atomic E-state index is 5.92. The molecule has 2 aromatic rings. The van der Waals surface area contributed by atoms with E-state index in [2.05, 4.69) is 23.4 Å². The minimum Gasteiger partial charge on any atom is -0.491 e. The van der Waals surface area contributed by atoms with E-state index in [0.29, 0.717) is 19.3 Å². The molecule has 0 saturated carbocycles. The summed E-state index contributed by atoms with van der Waals surface area (Å²) in [5.41, 5.74) is 8.02. The van der Waals surface area contributed by atoms with Crippen molar-refractivity contribution in [2.75, 3.05) is 6.61 Å².